The summed E-state index contributed by atoms with van der Waals surface area (Å²) in [7, 11) is 0. The lowest BCUT2D eigenvalue weighted by Crippen LogP contribution is -2.51. The zero-order valence-electron chi connectivity index (χ0n) is 18.5. The molecule has 1 unspecified atom stereocenters. The molecule has 0 saturated heterocycles. The van der Waals surface area contributed by atoms with Crippen LogP contribution < -0.4 is 15.0 Å². The van der Waals surface area contributed by atoms with E-state index in [1.54, 1.807) is 19.1 Å². The molecule has 2 heterocycles. The van der Waals surface area contributed by atoms with Gasteiger partial charge in [0, 0.05) is 11.6 Å². The summed E-state index contributed by atoms with van der Waals surface area (Å²) < 4.78 is 25.3. The van der Waals surface area contributed by atoms with E-state index in [0.717, 1.165) is 18.5 Å². The van der Waals surface area contributed by atoms with Crippen LogP contribution in [0.5, 0.6) is 5.75 Å². The third-order valence-electron chi connectivity index (χ3n) is 5.71. The molecule has 3 aromatic rings. The third kappa shape index (κ3) is 4.59. The van der Waals surface area contributed by atoms with Gasteiger partial charge >= 0.3 is 0 Å². The van der Waals surface area contributed by atoms with Crippen molar-refractivity contribution in [3.63, 3.8) is 0 Å². The van der Waals surface area contributed by atoms with E-state index in [4.69, 9.17) is 9.26 Å². The maximum Gasteiger partial charge on any atom is 0.263 e. The molecule has 0 spiro atoms. The minimum atomic E-state index is -0.654. The SMILES string of the molecule is CCC(CC)NC(=O)C1CN(Cc2nc(-c3ccc(C)c(F)c3)no2)c2ccccc2O1. The van der Waals surface area contributed by atoms with Gasteiger partial charge in [0.05, 0.1) is 18.8 Å². The molecule has 1 aliphatic rings. The number of anilines is 1. The number of aryl methyl sites for hydroxylation is 1. The highest BCUT2D eigenvalue weighted by Gasteiger charge is 2.32. The first kappa shape index (κ1) is 21.8. The number of carbonyl (C=O) groups is 1. The molecule has 8 heteroatoms. The van der Waals surface area contributed by atoms with E-state index in [-0.39, 0.29) is 17.8 Å². The quantitative estimate of drug-likeness (QED) is 0.594. The Bertz CT molecular complexity index is 1100. The molecular weight excluding hydrogens is 411 g/mol. The normalized spacial score (nSPS) is 15.4. The van der Waals surface area contributed by atoms with Crippen molar-refractivity contribution in [1.29, 1.82) is 0 Å². The molecule has 1 aliphatic heterocycles. The highest BCUT2D eigenvalue weighted by molar-refractivity contribution is 5.83. The van der Waals surface area contributed by atoms with Crippen molar-refractivity contribution in [3.05, 3.63) is 59.7 Å². The first-order chi connectivity index (χ1) is 15.5. The number of hydrogen-bond donors (Lipinski definition) is 1. The van der Waals surface area contributed by atoms with Crippen LogP contribution in [0.4, 0.5) is 10.1 Å². The van der Waals surface area contributed by atoms with Gasteiger partial charge in [0.25, 0.3) is 5.91 Å². The van der Waals surface area contributed by atoms with Gasteiger partial charge in [0.15, 0.2) is 6.10 Å². The Morgan fingerprint density at radius 2 is 2.03 bits per heavy atom. The first-order valence-electron chi connectivity index (χ1n) is 10.9. The van der Waals surface area contributed by atoms with Crippen LogP contribution >= 0.6 is 0 Å². The second-order valence-electron chi connectivity index (χ2n) is 7.95. The molecule has 0 fully saturated rings. The second kappa shape index (κ2) is 9.38. The van der Waals surface area contributed by atoms with Crippen LogP contribution in [-0.2, 0) is 11.3 Å². The Balaban J connectivity index is 1.54. The zero-order chi connectivity index (χ0) is 22.7. The summed E-state index contributed by atoms with van der Waals surface area (Å²) in [5.74, 6) is 0.867. The van der Waals surface area contributed by atoms with E-state index < -0.39 is 6.10 Å². The van der Waals surface area contributed by atoms with Gasteiger partial charge in [-0.1, -0.05) is 43.3 Å². The van der Waals surface area contributed by atoms with Crippen LogP contribution in [0.25, 0.3) is 11.4 Å². The fourth-order valence-corrected chi connectivity index (χ4v) is 3.71. The first-order valence-corrected chi connectivity index (χ1v) is 10.9. The number of rotatable bonds is 7. The van der Waals surface area contributed by atoms with Crippen molar-refractivity contribution in [3.8, 4) is 17.1 Å². The van der Waals surface area contributed by atoms with Crippen molar-refractivity contribution < 1.29 is 18.4 Å². The standard InChI is InChI=1S/C24H27FN4O3/c1-4-17(5-2)26-24(30)21-13-29(19-8-6-7-9-20(19)31-21)14-22-27-23(28-32-22)16-11-10-15(3)18(25)12-16/h6-12,17,21H,4-5,13-14H2,1-3H3,(H,26,30). The van der Waals surface area contributed by atoms with Gasteiger partial charge in [0.1, 0.15) is 11.6 Å². The number of ether oxygens (including phenoxy) is 1. The summed E-state index contributed by atoms with van der Waals surface area (Å²) >= 11 is 0. The molecule has 0 saturated carbocycles. The Hall–Kier alpha value is -3.42. The van der Waals surface area contributed by atoms with Crippen LogP contribution in [0.2, 0.25) is 0 Å². The molecule has 0 aliphatic carbocycles. The van der Waals surface area contributed by atoms with Gasteiger partial charge in [-0.3, -0.25) is 4.79 Å². The summed E-state index contributed by atoms with van der Waals surface area (Å²) in [6, 6.07) is 12.5. The number of nitrogens with zero attached hydrogens (tertiary/aromatic N) is 3. The summed E-state index contributed by atoms with van der Waals surface area (Å²) in [5, 5.41) is 7.06. The molecule has 4 rings (SSSR count). The molecule has 1 N–H and O–H groups in total. The number of para-hydroxylation sites is 2. The number of amides is 1. The van der Waals surface area contributed by atoms with Crippen LogP contribution in [-0.4, -0.2) is 34.7 Å². The Kier molecular flexibility index (Phi) is 6.39. The summed E-state index contributed by atoms with van der Waals surface area (Å²) in [4.78, 5) is 19.3. The molecule has 1 atom stereocenters. The van der Waals surface area contributed by atoms with Crippen LogP contribution in [0.3, 0.4) is 0 Å². The highest BCUT2D eigenvalue weighted by atomic mass is 19.1. The molecule has 0 radical (unpaired) electrons. The number of aromatic nitrogens is 2. The van der Waals surface area contributed by atoms with Crippen LogP contribution in [0.15, 0.2) is 47.0 Å². The number of hydrogen-bond acceptors (Lipinski definition) is 6. The van der Waals surface area contributed by atoms with E-state index in [9.17, 15) is 9.18 Å². The summed E-state index contributed by atoms with van der Waals surface area (Å²) in [5.41, 5.74) is 1.95. The molecular formula is C24H27FN4O3. The van der Waals surface area contributed by atoms with Gasteiger partial charge in [-0.25, -0.2) is 4.39 Å². The number of benzene rings is 2. The average molecular weight is 439 g/mol. The lowest BCUT2D eigenvalue weighted by molar-refractivity contribution is -0.128. The maximum absolute atomic E-state index is 13.9. The number of fused-ring (bicyclic) bond motifs is 1. The minimum Gasteiger partial charge on any atom is -0.477 e. The van der Waals surface area contributed by atoms with Gasteiger partial charge < -0.3 is 19.5 Å². The molecule has 7 nitrogen and oxygen atoms in total. The largest absolute Gasteiger partial charge is 0.477 e. The van der Waals surface area contributed by atoms with Gasteiger partial charge in [-0.05, 0) is 43.5 Å². The maximum atomic E-state index is 13.9. The number of nitrogens with one attached hydrogen (secondary N) is 1. The average Bonchev–Trinajstić information content (AvgIpc) is 3.27. The van der Waals surface area contributed by atoms with E-state index in [0.29, 0.717) is 41.7 Å². The Morgan fingerprint density at radius 3 is 2.78 bits per heavy atom. The molecule has 1 amide bonds. The fourth-order valence-electron chi connectivity index (χ4n) is 3.71. The van der Waals surface area contributed by atoms with Crippen molar-refractivity contribution in [2.75, 3.05) is 11.4 Å². The summed E-state index contributed by atoms with van der Waals surface area (Å²) in [6.45, 7) is 6.44. The summed E-state index contributed by atoms with van der Waals surface area (Å²) in [6.07, 6.45) is 1.07. The topological polar surface area (TPSA) is 80.5 Å². The third-order valence-corrected chi connectivity index (χ3v) is 5.71. The van der Waals surface area contributed by atoms with E-state index in [1.807, 2.05) is 43.0 Å². The number of halogens is 1. The van der Waals surface area contributed by atoms with Gasteiger partial charge in [0.2, 0.25) is 11.7 Å². The van der Waals surface area contributed by atoms with E-state index in [1.165, 1.54) is 6.07 Å². The van der Waals surface area contributed by atoms with Gasteiger partial charge in [-0.2, -0.15) is 4.98 Å². The van der Waals surface area contributed by atoms with Crippen molar-refractivity contribution >= 4 is 11.6 Å². The monoisotopic (exact) mass is 438 g/mol. The predicted octanol–water partition coefficient (Wildman–Crippen LogP) is 4.26. The molecule has 32 heavy (non-hydrogen) atoms. The Morgan fingerprint density at radius 1 is 1.25 bits per heavy atom. The van der Waals surface area contributed by atoms with Crippen LogP contribution in [0, 0.1) is 12.7 Å². The number of carbonyl (C=O) groups excluding carboxylic acids is 1. The molecule has 1 aromatic heterocycles. The predicted molar refractivity (Wildman–Crippen MR) is 119 cm³/mol. The molecule has 2 aromatic carbocycles. The lowest BCUT2D eigenvalue weighted by atomic mass is 10.1. The zero-order valence-corrected chi connectivity index (χ0v) is 18.5. The van der Waals surface area contributed by atoms with Crippen LogP contribution in [0.1, 0.15) is 38.1 Å². The van der Waals surface area contributed by atoms with E-state index >= 15 is 0 Å². The van der Waals surface area contributed by atoms with Crippen molar-refractivity contribution in [2.45, 2.75) is 52.3 Å². The fraction of sp³-hybridized carbons (Fsp3) is 0.375. The van der Waals surface area contributed by atoms with E-state index in [2.05, 4.69) is 15.5 Å². The molecule has 0 bridgehead atoms. The van der Waals surface area contributed by atoms with Gasteiger partial charge in [-0.15, -0.1) is 0 Å². The lowest BCUT2D eigenvalue weighted by Gasteiger charge is -2.35. The smallest absolute Gasteiger partial charge is 0.263 e. The highest BCUT2D eigenvalue weighted by Crippen LogP contribution is 2.34. The Labute approximate surface area is 186 Å². The molecule has 168 valence electrons. The van der Waals surface area contributed by atoms with Crippen molar-refractivity contribution in [1.82, 2.24) is 15.5 Å². The minimum absolute atomic E-state index is 0.116. The second-order valence-corrected chi connectivity index (χ2v) is 7.95. The van der Waals surface area contributed by atoms with Crippen molar-refractivity contribution in [2.24, 2.45) is 0 Å².